The molecule has 0 aromatic heterocycles. The molecule has 0 fully saturated rings. The zero-order valence-electron chi connectivity index (χ0n) is 13.1. The van der Waals surface area contributed by atoms with E-state index in [1.807, 2.05) is 6.92 Å². The van der Waals surface area contributed by atoms with Crippen molar-refractivity contribution in [1.82, 2.24) is 5.32 Å². The van der Waals surface area contributed by atoms with Gasteiger partial charge in [0.1, 0.15) is 11.6 Å². The molecule has 1 N–H and O–H groups in total. The smallest absolute Gasteiger partial charge is 0.260 e. The first-order chi connectivity index (χ1) is 11.0. The lowest BCUT2D eigenvalue weighted by Gasteiger charge is -2.16. The predicted octanol–water partition coefficient (Wildman–Crippen LogP) is 3.91. The Kier molecular flexibility index (Phi) is 5.99. The van der Waals surface area contributed by atoms with E-state index in [0.29, 0.717) is 23.7 Å². The normalized spacial score (nSPS) is 11.8. The zero-order chi connectivity index (χ0) is 16.8. The number of nitrogens with one attached hydrogen (secondary N) is 1. The average Bonchev–Trinajstić information content (AvgIpc) is 2.51. The summed E-state index contributed by atoms with van der Waals surface area (Å²) < 4.78 is 18.5. The molecule has 23 heavy (non-hydrogen) atoms. The Labute approximate surface area is 140 Å². The van der Waals surface area contributed by atoms with Crippen molar-refractivity contribution in [2.24, 2.45) is 0 Å². The highest BCUT2D eigenvalue weighted by molar-refractivity contribution is 6.30. The third-order valence-corrected chi connectivity index (χ3v) is 3.67. The number of halogens is 2. The first kappa shape index (κ1) is 17.3. The van der Waals surface area contributed by atoms with Gasteiger partial charge in [0.15, 0.2) is 6.10 Å². The molecule has 3 nitrogen and oxygen atoms in total. The zero-order valence-corrected chi connectivity index (χ0v) is 13.9. The molecule has 2 rings (SSSR count). The number of aryl methyl sites for hydroxylation is 1. The van der Waals surface area contributed by atoms with Crippen LogP contribution in [0.15, 0.2) is 42.5 Å². The first-order valence-electron chi connectivity index (χ1n) is 7.40. The Hall–Kier alpha value is -2.07. The summed E-state index contributed by atoms with van der Waals surface area (Å²) in [7, 11) is 0. The minimum Gasteiger partial charge on any atom is -0.481 e. The molecule has 0 aliphatic rings. The van der Waals surface area contributed by atoms with Gasteiger partial charge in [-0.15, -0.1) is 0 Å². The number of carbonyl (C=O) groups excluding carboxylic acids is 1. The van der Waals surface area contributed by atoms with Crippen LogP contribution in [0.4, 0.5) is 4.39 Å². The van der Waals surface area contributed by atoms with Crippen LogP contribution < -0.4 is 10.1 Å². The molecule has 122 valence electrons. The van der Waals surface area contributed by atoms with E-state index in [4.69, 9.17) is 16.3 Å². The van der Waals surface area contributed by atoms with Crippen molar-refractivity contribution in [3.63, 3.8) is 0 Å². The van der Waals surface area contributed by atoms with Gasteiger partial charge in [0, 0.05) is 11.6 Å². The maximum absolute atomic E-state index is 12.8. The summed E-state index contributed by atoms with van der Waals surface area (Å²) >= 11 is 5.89. The minimum absolute atomic E-state index is 0.193. The third kappa shape index (κ3) is 5.25. The van der Waals surface area contributed by atoms with Crippen LogP contribution in [0, 0.1) is 12.7 Å². The molecule has 0 saturated carbocycles. The van der Waals surface area contributed by atoms with Crippen LogP contribution in [0.1, 0.15) is 18.1 Å². The molecule has 2 aromatic carbocycles. The lowest BCUT2D eigenvalue weighted by molar-refractivity contribution is -0.127. The largest absolute Gasteiger partial charge is 0.481 e. The highest BCUT2D eigenvalue weighted by Crippen LogP contribution is 2.22. The maximum atomic E-state index is 12.8. The standard InChI is InChI=1S/C18H19ClFNO2/c1-12-11-15(19)5-8-17(12)23-13(2)18(22)21-10-9-14-3-6-16(20)7-4-14/h3-8,11,13H,9-10H2,1-2H3,(H,21,22)/t13-/m0/s1. The predicted molar refractivity (Wildman–Crippen MR) is 89.4 cm³/mol. The van der Waals surface area contributed by atoms with Gasteiger partial charge < -0.3 is 10.1 Å². The van der Waals surface area contributed by atoms with Gasteiger partial charge in [0.05, 0.1) is 0 Å². The van der Waals surface area contributed by atoms with Crippen LogP contribution in [0.25, 0.3) is 0 Å². The summed E-state index contributed by atoms with van der Waals surface area (Å²) in [6, 6.07) is 11.5. The molecule has 0 radical (unpaired) electrons. The fourth-order valence-corrected chi connectivity index (χ4v) is 2.34. The average molecular weight is 336 g/mol. The van der Waals surface area contributed by atoms with E-state index >= 15 is 0 Å². The quantitative estimate of drug-likeness (QED) is 0.869. The van der Waals surface area contributed by atoms with Crippen molar-refractivity contribution >= 4 is 17.5 Å². The second-order valence-electron chi connectivity index (χ2n) is 5.34. The Morgan fingerprint density at radius 2 is 1.96 bits per heavy atom. The van der Waals surface area contributed by atoms with E-state index in [0.717, 1.165) is 11.1 Å². The van der Waals surface area contributed by atoms with Gasteiger partial charge >= 0.3 is 0 Å². The van der Waals surface area contributed by atoms with Crippen molar-refractivity contribution in [3.8, 4) is 5.75 Å². The Balaban J connectivity index is 1.81. The fourth-order valence-electron chi connectivity index (χ4n) is 2.11. The third-order valence-electron chi connectivity index (χ3n) is 3.44. The van der Waals surface area contributed by atoms with E-state index < -0.39 is 6.10 Å². The molecule has 0 heterocycles. The van der Waals surface area contributed by atoms with Crippen LogP contribution in [0.3, 0.4) is 0 Å². The van der Waals surface area contributed by atoms with Gasteiger partial charge in [0.25, 0.3) is 5.91 Å². The van der Waals surface area contributed by atoms with Gasteiger partial charge in [-0.1, -0.05) is 23.7 Å². The van der Waals surface area contributed by atoms with Crippen molar-refractivity contribution in [3.05, 3.63) is 64.4 Å². The highest BCUT2D eigenvalue weighted by Gasteiger charge is 2.15. The lowest BCUT2D eigenvalue weighted by atomic mass is 10.1. The first-order valence-corrected chi connectivity index (χ1v) is 7.78. The van der Waals surface area contributed by atoms with E-state index in [1.165, 1.54) is 12.1 Å². The number of carbonyl (C=O) groups is 1. The minimum atomic E-state index is -0.608. The lowest BCUT2D eigenvalue weighted by Crippen LogP contribution is -2.37. The molecular formula is C18H19ClFNO2. The van der Waals surface area contributed by atoms with Crippen molar-refractivity contribution in [1.29, 1.82) is 0 Å². The molecule has 0 aliphatic heterocycles. The molecule has 0 spiro atoms. The summed E-state index contributed by atoms with van der Waals surface area (Å²) in [5.41, 5.74) is 1.84. The van der Waals surface area contributed by atoms with Crippen molar-refractivity contribution in [2.75, 3.05) is 6.54 Å². The highest BCUT2D eigenvalue weighted by atomic mass is 35.5. The van der Waals surface area contributed by atoms with Crippen LogP contribution >= 0.6 is 11.6 Å². The maximum Gasteiger partial charge on any atom is 0.260 e. The van der Waals surface area contributed by atoms with Crippen LogP contribution in [0.2, 0.25) is 5.02 Å². The molecule has 0 aliphatic carbocycles. The van der Waals surface area contributed by atoms with Crippen LogP contribution in [-0.4, -0.2) is 18.6 Å². The van der Waals surface area contributed by atoms with Gasteiger partial charge in [-0.25, -0.2) is 4.39 Å². The monoisotopic (exact) mass is 335 g/mol. The molecular weight excluding hydrogens is 317 g/mol. The Morgan fingerprint density at radius 1 is 1.26 bits per heavy atom. The number of ether oxygens (including phenoxy) is 1. The second kappa shape index (κ2) is 7.97. The van der Waals surface area contributed by atoms with Gasteiger partial charge in [0.2, 0.25) is 0 Å². The van der Waals surface area contributed by atoms with Crippen LogP contribution in [0.5, 0.6) is 5.75 Å². The molecule has 1 amide bonds. The summed E-state index contributed by atoms with van der Waals surface area (Å²) in [6.07, 6.45) is 0.0294. The molecule has 1 atom stereocenters. The number of hydrogen-bond acceptors (Lipinski definition) is 2. The van der Waals surface area contributed by atoms with Gasteiger partial charge in [-0.3, -0.25) is 4.79 Å². The Morgan fingerprint density at radius 3 is 2.61 bits per heavy atom. The second-order valence-corrected chi connectivity index (χ2v) is 5.77. The number of rotatable bonds is 6. The SMILES string of the molecule is Cc1cc(Cl)ccc1O[C@@H](C)C(=O)NCCc1ccc(F)cc1. The van der Waals surface area contributed by atoms with E-state index in [1.54, 1.807) is 37.3 Å². The van der Waals surface area contributed by atoms with Gasteiger partial charge in [-0.05, 0) is 61.7 Å². The number of amides is 1. The van der Waals surface area contributed by atoms with E-state index in [9.17, 15) is 9.18 Å². The van der Waals surface area contributed by atoms with Crippen LogP contribution in [-0.2, 0) is 11.2 Å². The van der Waals surface area contributed by atoms with E-state index in [2.05, 4.69) is 5.32 Å². The molecule has 0 bridgehead atoms. The summed E-state index contributed by atoms with van der Waals surface area (Å²) in [5.74, 6) is 0.176. The summed E-state index contributed by atoms with van der Waals surface area (Å²) in [5, 5.41) is 3.44. The van der Waals surface area contributed by atoms with Gasteiger partial charge in [-0.2, -0.15) is 0 Å². The molecule has 5 heteroatoms. The van der Waals surface area contributed by atoms with Crippen molar-refractivity contribution < 1.29 is 13.9 Å². The van der Waals surface area contributed by atoms with Crippen molar-refractivity contribution in [2.45, 2.75) is 26.4 Å². The number of hydrogen-bond donors (Lipinski definition) is 1. The number of benzene rings is 2. The molecule has 0 saturated heterocycles. The molecule has 0 unspecified atom stereocenters. The van der Waals surface area contributed by atoms with E-state index in [-0.39, 0.29) is 11.7 Å². The summed E-state index contributed by atoms with van der Waals surface area (Å²) in [4.78, 5) is 12.0. The molecule has 2 aromatic rings. The Bertz CT molecular complexity index is 673. The summed E-state index contributed by atoms with van der Waals surface area (Å²) in [6.45, 7) is 4.04. The topological polar surface area (TPSA) is 38.3 Å². The fraction of sp³-hybridized carbons (Fsp3) is 0.278.